The number of hydrogen-bond donors (Lipinski definition) is 0. The predicted molar refractivity (Wildman–Crippen MR) is 72.7 cm³/mol. The highest BCUT2D eigenvalue weighted by atomic mass is 16.6. The van der Waals surface area contributed by atoms with Gasteiger partial charge in [-0.25, -0.2) is 9.78 Å². The second kappa shape index (κ2) is 6.00. The minimum absolute atomic E-state index is 0.350. The molecular formula is C15H16N2O2. The molecule has 0 fully saturated rings. The Morgan fingerprint density at radius 2 is 2.11 bits per heavy atom. The SMILES string of the molecule is C/C=C/C(OC(=O)c1ccc(C)cc1)n1ccnc1. The average Bonchev–Trinajstić information content (AvgIpc) is 2.92. The number of rotatable bonds is 4. The number of aryl methyl sites for hydroxylation is 1. The highest BCUT2D eigenvalue weighted by molar-refractivity contribution is 5.89. The number of carbonyl (C=O) groups is 1. The van der Waals surface area contributed by atoms with Crippen molar-refractivity contribution in [3.05, 3.63) is 66.3 Å². The molecule has 1 heterocycles. The van der Waals surface area contributed by atoms with Crippen LogP contribution in [0.15, 0.2) is 55.1 Å². The molecule has 19 heavy (non-hydrogen) atoms. The van der Waals surface area contributed by atoms with Crippen molar-refractivity contribution in [1.82, 2.24) is 9.55 Å². The first-order valence-electron chi connectivity index (χ1n) is 6.08. The maximum Gasteiger partial charge on any atom is 0.340 e. The van der Waals surface area contributed by atoms with Gasteiger partial charge in [0, 0.05) is 12.4 Å². The number of hydrogen-bond acceptors (Lipinski definition) is 3. The largest absolute Gasteiger partial charge is 0.434 e. The van der Waals surface area contributed by atoms with E-state index in [9.17, 15) is 4.79 Å². The van der Waals surface area contributed by atoms with Gasteiger partial charge in [-0.3, -0.25) is 4.57 Å². The van der Waals surface area contributed by atoms with Crippen LogP contribution in [0.3, 0.4) is 0 Å². The Hall–Kier alpha value is -2.36. The van der Waals surface area contributed by atoms with Crippen molar-refractivity contribution in [3.63, 3.8) is 0 Å². The van der Waals surface area contributed by atoms with Crippen LogP contribution in [-0.2, 0) is 4.74 Å². The summed E-state index contributed by atoms with van der Waals surface area (Å²) in [4.78, 5) is 16.0. The normalized spacial score (nSPS) is 12.5. The van der Waals surface area contributed by atoms with Gasteiger partial charge in [0.25, 0.3) is 0 Å². The minimum atomic E-state index is -0.471. The van der Waals surface area contributed by atoms with E-state index in [0.29, 0.717) is 5.56 Å². The molecule has 4 heteroatoms. The first-order valence-corrected chi connectivity index (χ1v) is 6.08. The molecule has 1 aromatic heterocycles. The molecule has 0 aliphatic heterocycles. The minimum Gasteiger partial charge on any atom is -0.434 e. The number of ether oxygens (including phenoxy) is 1. The maximum atomic E-state index is 12.0. The van der Waals surface area contributed by atoms with Gasteiger partial charge in [0.1, 0.15) is 0 Å². The molecule has 0 aliphatic carbocycles. The summed E-state index contributed by atoms with van der Waals surface area (Å²) in [6.45, 7) is 3.85. The molecule has 0 spiro atoms. The van der Waals surface area contributed by atoms with Crippen molar-refractivity contribution in [1.29, 1.82) is 0 Å². The monoisotopic (exact) mass is 256 g/mol. The summed E-state index contributed by atoms with van der Waals surface area (Å²) in [6.07, 6.45) is 8.19. The molecule has 0 N–H and O–H groups in total. The lowest BCUT2D eigenvalue weighted by Crippen LogP contribution is -2.14. The molecule has 4 nitrogen and oxygen atoms in total. The van der Waals surface area contributed by atoms with Crippen LogP contribution >= 0.6 is 0 Å². The number of imidazole rings is 1. The van der Waals surface area contributed by atoms with E-state index in [-0.39, 0.29) is 5.97 Å². The van der Waals surface area contributed by atoms with Crippen LogP contribution in [0.5, 0.6) is 0 Å². The van der Waals surface area contributed by atoms with E-state index in [4.69, 9.17) is 4.74 Å². The third kappa shape index (κ3) is 3.31. The van der Waals surface area contributed by atoms with Gasteiger partial charge in [0.2, 0.25) is 0 Å². The van der Waals surface area contributed by atoms with E-state index in [1.807, 2.05) is 32.1 Å². The van der Waals surface area contributed by atoms with Gasteiger partial charge in [0.15, 0.2) is 6.23 Å². The van der Waals surface area contributed by atoms with Crippen LogP contribution in [0, 0.1) is 6.92 Å². The topological polar surface area (TPSA) is 44.1 Å². The van der Waals surface area contributed by atoms with Gasteiger partial charge in [0.05, 0.1) is 11.9 Å². The second-order valence-electron chi connectivity index (χ2n) is 4.20. The zero-order valence-corrected chi connectivity index (χ0v) is 11.0. The third-order valence-electron chi connectivity index (χ3n) is 2.69. The van der Waals surface area contributed by atoms with Crippen LogP contribution in [-0.4, -0.2) is 15.5 Å². The molecule has 0 saturated carbocycles. The van der Waals surface area contributed by atoms with Crippen LogP contribution < -0.4 is 0 Å². The van der Waals surface area contributed by atoms with E-state index in [1.54, 1.807) is 41.5 Å². The predicted octanol–water partition coefficient (Wildman–Crippen LogP) is 3.12. The zero-order chi connectivity index (χ0) is 13.7. The van der Waals surface area contributed by atoms with Gasteiger partial charge in [-0.15, -0.1) is 0 Å². The maximum absolute atomic E-state index is 12.0. The number of nitrogens with zero attached hydrogens (tertiary/aromatic N) is 2. The Morgan fingerprint density at radius 3 is 2.68 bits per heavy atom. The molecule has 0 radical (unpaired) electrons. The lowest BCUT2D eigenvalue weighted by molar-refractivity contribution is 0.0243. The summed E-state index contributed by atoms with van der Waals surface area (Å²) in [6, 6.07) is 7.30. The number of esters is 1. The smallest absolute Gasteiger partial charge is 0.340 e. The molecule has 1 unspecified atom stereocenters. The quantitative estimate of drug-likeness (QED) is 0.623. The molecular weight excluding hydrogens is 240 g/mol. The summed E-state index contributed by atoms with van der Waals surface area (Å²) in [7, 11) is 0. The van der Waals surface area contributed by atoms with Gasteiger partial charge in [-0.2, -0.15) is 0 Å². The van der Waals surface area contributed by atoms with Crippen molar-refractivity contribution < 1.29 is 9.53 Å². The first kappa shape index (κ1) is 13.1. The van der Waals surface area contributed by atoms with Gasteiger partial charge in [-0.1, -0.05) is 23.8 Å². The number of aromatic nitrogens is 2. The van der Waals surface area contributed by atoms with E-state index in [0.717, 1.165) is 5.56 Å². The molecule has 1 aromatic carbocycles. The van der Waals surface area contributed by atoms with Crippen LogP contribution in [0.2, 0.25) is 0 Å². The summed E-state index contributed by atoms with van der Waals surface area (Å²) >= 11 is 0. The van der Waals surface area contributed by atoms with Gasteiger partial charge in [-0.05, 0) is 32.1 Å². The molecule has 1 atom stereocenters. The van der Waals surface area contributed by atoms with Gasteiger partial charge >= 0.3 is 5.97 Å². The van der Waals surface area contributed by atoms with Crippen LogP contribution in [0.25, 0.3) is 0 Å². The third-order valence-corrected chi connectivity index (χ3v) is 2.69. The lowest BCUT2D eigenvalue weighted by Gasteiger charge is -2.15. The highest BCUT2D eigenvalue weighted by Crippen LogP contribution is 2.14. The average molecular weight is 256 g/mol. The Kier molecular flexibility index (Phi) is 4.13. The highest BCUT2D eigenvalue weighted by Gasteiger charge is 2.14. The van der Waals surface area contributed by atoms with Crippen molar-refractivity contribution >= 4 is 5.97 Å². The van der Waals surface area contributed by atoms with Crippen molar-refractivity contribution in [3.8, 4) is 0 Å². The summed E-state index contributed by atoms with van der Waals surface area (Å²) in [5, 5.41) is 0. The fourth-order valence-electron chi connectivity index (χ4n) is 1.65. The Bertz CT molecular complexity index is 556. The first-order chi connectivity index (χ1) is 9.20. The molecule has 0 saturated heterocycles. The van der Waals surface area contributed by atoms with Gasteiger partial charge < -0.3 is 4.74 Å². The van der Waals surface area contributed by atoms with Crippen molar-refractivity contribution in [2.24, 2.45) is 0 Å². The van der Waals surface area contributed by atoms with E-state index in [1.165, 1.54) is 0 Å². The number of benzene rings is 1. The van der Waals surface area contributed by atoms with E-state index in [2.05, 4.69) is 4.98 Å². The lowest BCUT2D eigenvalue weighted by atomic mass is 10.1. The second-order valence-corrected chi connectivity index (χ2v) is 4.20. The summed E-state index contributed by atoms with van der Waals surface area (Å²) in [5.74, 6) is -0.350. The van der Waals surface area contributed by atoms with Crippen LogP contribution in [0.1, 0.15) is 29.1 Å². The standard InChI is InChI=1S/C15H16N2O2/c1-3-4-14(17-10-9-16-11-17)19-15(18)13-7-5-12(2)6-8-13/h3-11,14H,1-2H3/b4-3+. The van der Waals surface area contributed by atoms with Crippen molar-refractivity contribution in [2.45, 2.75) is 20.1 Å². The molecule has 2 rings (SSSR count). The van der Waals surface area contributed by atoms with E-state index < -0.39 is 6.23 Å². The summed E-state index contributed by atoms with van der Waals surface area (Å²) in [5.41, 5.74) is 1.65. The number of allylic oxidation sites excluding steroid dienone is 1. The fraction of sp³-hybridized carbons (Fsp3) is 0.200. The Labute approximate surface area is 112 Å². The zero-order valence-electron chi connectivity index (χ0n) is 11.0. The fourth-order valence-corrected chi connectivity index (χ4v) is 1.65. The molecule has 2 aromatic rings. The van der Waals surface area contributed by atoms with E-state index >= 15 is 0 Å². The Balaban J connectivity index is 2.13. The Morgan fingerprint density at radius 1 is 1.37 bits per heavy atom. The van der Waals surface area contributed by atoms with Crippen LogP contribution in [0.4, 0.5) is 0 Å². The molecule has 0 amide bonds. The van der Waals surface area contributed by atoms with Crippen molar-refractivity contribution in [2.75, 3.05) is 0 Å². The number of carbonyl (C=O) groups excluding carboxylic acids is 1. The summed E-state index contributed by atoms with van der Waals surface area (Å²) < 4.78 is 7.19. The molecule has 0 bridgehead atoms. The molecule has 0 aliphatic rings. The molecule has 98 valence electrons.